The molecule has 2 aliphatic heterocycles. The van der Waals surface area contributed by atoms with Crippen molar-refractivity contribution in [3.05, 3.63) is 71.3 Å². The van der Waals surface area contributed by atoms with Crippen molar-refractivity contribution in [3.8, 4) is 0 Å². The van der Waals surface area contributed by atoms with Crippen molar-refractivity contribution in [1.29, 1.82) is 0 Å². The normalized spacial score (nSPS) is 23.1. The molecule has 29 heavy (non-hydrogen) atoms. The summed E-state index contributed by atoms with van der Waals surface area (Å²) in [5.41, 5.74) is 2.78. The van der Waals surface area contributed by atoms with Gasteiger partial charge in [-0.05, 0) is 36.8 Å². The van der Waals surface area contributed by atoms with Gasteiger partial charge in [0.25, 0.3) is 0 Å². The van der Waals surface area contributed by atoms with Crippen LogP contribution in [-0.2, 0) is 22.7 Å². The molecule has 0 aromatic heterocycles. The average molecular weight is 393 g/mol. The molecule has 2 fully saturated rings. The number of methoxy groups -OCH3 is 1. The maximum atomic E-state index is 13.0. The first-order valence-electron chi connectivity index (χ1n) is 10.3. The Bertz CT molecular complexity index is 835. The molecule has 0 aliphatic carbocycles. The Balaban J connectivity index is 1.37. The van der Waals surface area contributed by atoms with Crippen LogP contribution in [0, 0.1) is 5.92 Å². The average Bonchev–Trinajstić information content (AvgIpc) is 3.02. The van der Waals surface area contributed by atoms with Gasteiger partial charge in [0.2, 0.25) is 0 Å². The molecule has 1 amide bonds. The largest absolute Gasteiger partial charge is 0.445 e. The Hall–Kier alpha value is -2.66. The van der Waals surface area contributed by atoms with E-state index in [1.54, 1.807) is 7.11 Å². The predicted molar refractivity (Wildman–Crippen MR) is 109 cm³/mol. The molecule has 2 unspecified atom stereocenters. The lowest BCUT2D eigenvalue weighted by molar-refractivity contribution is 0.0485. The zero-order chi connectivity index (χ0) is 20.2. The van der Waals surface area contributed by atoms with E-state index in [1.165, 1.54) is 0 Å². The number of rotatable bonds is 6. The first kappa shape index (κ1) is 19.6. The lowest BCUT2D eigenvalue weighted by atomic mass is 9.85. The Morgan fingerprint density at radius 2 is 1.52 bits per heavy atom. The fourth-order valence-corrected chi connectivity index (χ4v) is 4.65. The molecule has 2 aromatic carbocycles. The van der Waals surface area contributed by atoms with E-state index in [0.717, 1.165) is 42.4 Å². The van der Waals surface area contributed by atoms with Crippen molar-refractivity contribution >= 4 is 11.9 Å². The van der Waals surface area contributed by atoms with Gasteiger partial charge in [0, 0.05) is 30.7 Å². The van der Waals surface area contributed by atoms with Crippen LogP contribution in [0.25, 0.3) is 0 Å². The van der Waals surface area contributed by atoms with Gasteiger partial charge < -0.3 is 14.4 Å². The molecule has 5 heteroatoms. The number of hydrogen-bond acceptors (Lipinski definition) is 4. The lowest BCUT2D eigenvalue weighted by Gasteiger charge is -2.37. The lowest BCUT2D eigenvalue weighted by Crippen LogP contribution is -2.48. The van der Waals surface area contributed by atoms with Crippen molar-refractivity contribution < 1.29 is 19.1 Å². The predicted octanol–water partition coefficient (Wildman–Crippen LogP) is 4.60. The molecule has 152 valence electrons. The highest BCUT2D eigenvalue weighted by atomic mass is 16.6. The van der Waals surface area contributed by atoms with Crippen LogP contribution in [0.3, 0.4) is 0 Å². The maximum absolute atomic E-state index is 13.0. The number of ketones is 1. The summed E-state index contributed by atoms with van der Waals surface area (Å²) in [5, 5.41) is 0. The van der Waals surface area contributed by atoms with Gasteiger partial charge in [-0.15, -0.1) is 0 Å². The van der Waals surface area contributed by atoms with E-state index in [-0.39, 0.29) is 36.5 Å². The van der Waals surface area contributed by atoms with Crippen LogP contribution in [-0.4, -0.2) is 36.0 Å². The number of amides is 1. The molecule has 2 saturated heterocycles. The Kier molecular flexibility index (Phi) is 5.95. The number of fused-ring (bicyclic) bond motifs is 2. The fraction of sp³-hybridized carbons (Fsp3) is 0.417. The molecule has 5 nitrogen and oxygen atoms in total. The van der Waals surface area contributed by atoms with Crippen molar-refractivity contribution in [3.63, 3.8) is 0 Å². The maximum Gasteiger partial charge on any atom is 0.410 e. The Morgan fingerprint density at radius 1 is 0.897 bits per heavy atom. The molecule has 0 spiro atoms. The standard InChI is InChI=1S/C24H27NO4/c1-28-15-18-7-9-19(10-8-18)23(26)20-13-21-11-12-22(14-20)25(21)24(27)29-16-17-5-3-2-4-6-17/h2-10,20-22H,11-16H2,1H3. The van der Waals surface area contributed by atoms with Crippen molar-refractivity contribution in [2.75, 3.05) is 7.11 Å². The summed E-state index contributed by atoms with van der Waals surface area (Å²) in [4.78, 5) is 27.6. The second-order valence-corrected chi connectivity index (χ2v) is 7.99. The van der Waals surface area contributed by atoms with Crippen LogP contribution >= 0.6 is 0 Å². The highest BCUT2D eigenvalue weighted by molar-refractivity contribution is 5.98. The Morgan fingerprint density at radius 3 is 2.14 bits per heavy atom. The second-order valence-electron chi connectivity index (χ2n) is 7.99. The summed E-state index contributed by atoms with van der Waals surface area (Å²) in [6.45, 7) is 0.827. The summed E-state index contributed by atoms with van der Waals surface area (Å²) < 4.78 is 10.7. The molecule has 2 atom stereocenters. The molecule has 2 heterocycles. The molecular formula is C24H27NO4. The summed E-state index contributed by atoms with van der Waals surface area (Å²) in [5.74, 6) is 0.155. The van der Waals surface area contributed by atoms with Gasteiger partial charge in [0.05, 0.1) is 6.61 Å². The third-order valence-corrected chi connectivity index (χ3v) is 6.07. The van der Waals surface area contributed by atoms with E-state index in [1.807, 2.05) is 59.5 Å². The molecule has 4 rings (SSSR count). The highest BCUT2D eigenvalue weighted by Gasteiger charge is 2.45. The van der Waals surface area contributed by atoms with Gasteiger partial charge in [-0.1, -0.05) is 54.6 Å². The molecule has 0 saturated carbocycles. The summed E-state index contributed by atoms with van der Waals surface area (Å²) in [6.07, 6.45) is 3.07. The number of benzene rings is 2. The van der Waals surface area contributed by atoms with E-state index in [4.69, 9.17) is 9.47 Å². The number of nitrogens with zero attached hydrogens (tertiary/aromatic N) is 1. The number of carbonyl (C=O) groups excluding carboxylic acids is 2. The van der Waals surface area contributed by atoms with E-state index < -0.39 is 0 Å². The minimum absolute atomic E-state index is 0.0288. The van der Waals surface area contributed by atoms with E-state index in [2.05, 4.69) is 0 Å². The molecule has 2 aromatic rings. The smallest absolute Gasteiger partial charge is 0.410 e. The van der Waals surface area contributed by atoms with Crippen molar-refractivity contribution in [1.82, 2.24) is 4.90 Å². The number of piperidine rings is 1. The topological polar surface area (TPSA) is 55.8 Å². The van der Waals surface area contributed by atoms with E-state index in [0.29, 0.717) is 6.61 Å². The Labute approximate surface area is 171 Å². The quantitative estimate of drug-likeness (QED) is 0.673. The minimum atomic E-state index is -0.254. The van der Waals surface area contributed by atoms with Crippen LogP contribution in [0.4, 0.5) is 4.79 Å². The van der Waals surface area contributed by atoms with E-state index in [9.17, 15) is 9.59 Å². The van der Waals surface area contributed by atoms with Gasteiger partial charge in [-0.25, -0.2) is 4.79 Å². The SMILES string of the molecule is COCc1ccc(C(=O)C2CC3CCC(C2)N3C(=O)OCc2ccccc2)cc1. The summed E-state index contributed by atoms with van der Waals surface area (Å²) in [6, 6.07) is 17.6. The summed E-state index contributed by atoms with van der Waals surface area (Å²) >= 11 is 0. The molecule has 0 N–H and O–H groups in total. The van der Waals surface area contributed by atoms with Gasteiger partial charge in [-0.2, -0.15) is 0 Å². The van der Waals surface area contributed by atoms with Crippen LogP contribution < -0.4 is 0 Å². The number of hydrogen-bond donors (Lipinski definition) is 0. The minimum Gasteiger partial charge on any atom is -0.445 e. The monoisotopic (exact) mass is 393 g/mol. The van der Waals surface area contributed by atoms with Crippen LogP contribution in [0.2, 0.25) is 0 Å². The first-order chi connectivity index (χ1) is 14.2. The van der Waals surface area contributed by atoms with Gasteiger partial charge in [-0.3, -0.25) is 4.79 Å². The third-order valence-electron chi connectivity index (χ3n) is 6.07. The van der Waals surface area contributed by atoms with Crippen molar-refractivity contribution in [2.45, 2.75) is 51.0 Å². The van der Waals surface area contributed by atoms with Crippen LogP contribution in [0.1, 0.15) is 47.2 Å². The molecule has 0 radical (unpaired) electrons. The number of Topliss-reactive ketones (excluding diaryl/α,β-unsaturated/α-hetero) is 1. The molecule has 2 bridgehead atoms. The molecular weight excluding hydrogens is 366 g/mol. The fourth-order valence-electron chi connectivity index (χ4n) is 4.65. The zero-order valence-corrected chi connectivity index (χ0v) is 16.8. The third kappa shape index (κ3) is 4.35. The van der Waals surface area contributed by atoms with Crippen LogP contribution in [0.5, 0.6) is 0 Å². The van der Waals surface area contributed by atoms with Gasteiger partial charge in [0.15, 0.2) is 5.78 Å². The number of carbonyl (C=O) groups is 2. The summed E-state index contributed by atoms with van der Waals surface area (Å²) in [7, 11) is 1.66. The first-order valence-corrected chi connectivity index (χ1v) is 10.3. The second kappa shape index (κ2) is 8.78. The van der Waals surface area contributed by atoms with Gasteiger partial charge in [0.1, 0.15) is 6.61 Å². The zero-order valence-electron chi connectivity index (χ0n) is 16.8. The van der Waals surface area contributed by atoms with Crippen LogP contribution in [0.15, 0.2) is 54.6 Å². The number of ether oxygens (including phenoxy) is 2. The molecule has 2 aliphatic rings. The highest BCUT2D eigenvalue weighted by Crippen LogP contribution is 2.40. The van der Waals surface area contributed by atoms with E-state index >= 15 is 0 Å². The van der Waals surface area contributed by atoms with Gasteiger partial charge >= 0.3 is 6.09 Å². The van der Waals surface area contributed by atoms with Crippen molar-refractivity contribution in [2.24, 2.45) is 5.92 Å².